The third-order valence-corrected chi connectivity index (χ3v) is 3.71. The van der Waals surface area contributed by atoms with Crippen LogP contribution in [0.1, 0.15) is 11.1 Å². The summed E-state index contributed by atoms with van der Waals surface area (Å²) < 4.78 is 5.79. The molecule has 0 bridgehead atoms. The fourth-order valence-corrected chi connectivity index (χ4v) is 2.35. The summed E-state index contributed by atoms with van der Waals surface area (Å²) in [6.45, 7) is 2.00. The van der Waals surface area contributed by atoms with Gasteiger partial charge in [-0.3, -0.25) is 0 Å². The van der Waals surface area contributed by atoms with Crippen molar-refractivity contribution in [1.29, 1.82) is 5.26 Å². The standard InChI is InChI=1S/C15H12ClNOS/c1-10-7-13(19-2)5-6-15(10)18-12-4-3-11(9-17)14(16)8-12/h3-8H,1-2H3. The maximum atomic E-state index is 8.82. The van der Waals surface area contributed by atoms with Crippen molar-refractivity contribution in [3.63, 3.8) is 0 Å². The number of hydrogen-bond acceptors (Lipinski definition) is 3. The van der Waals surface area contributed by atoms with Gasteiger partial charge in [0.2, 0.25) is 0 Å². The maximum Gasteiger partial charge on any atom is 0.130 e. The van der Waals surface area contributed by atoms with Crippen LogP contribution in [0.5, 0.6) is 11.5 Å². The van der Waals surface area contributed by atoms with Gasteiger partial charge in [0.05, 0.1) is 10.6 Å². The summed E-state index contributed by atoms with van der Waals surface area (Å²) in [6.07, 6.45) is 2.04. The number of thioether (sulfide) groups is 1. The summed E-state index contributed by atoms with van der Waals surface area (Å²) in [5, 5.41) is 9.22. The molecule has 0 fully saturated rings. The average molecular weight is 290 g/mol. The number of ether oxygens (including phenoxy) is 1. The molecule has 2 nitrogen and oxygen atoms in total. The predicted molar refractivity (Wildman–Crippen MR) is 79.2 cm³/mol. The van der Waals surface area contributed by atoms with Crippen LogP contribution in [0.25, 0.3) is 0 Å². The van der Waals surface area contributed by atoms with Crippen molar-refractivity contribution in [2.45, 2.75) is 11.8 Å². The van der Waals surface area contributed by atoms with Crippen LogP contribution in [0.15, 0.2) is 41.3 Å². The van der Waals surface area contributed by atoms with Crippen LogP contribution in [0.4, 0.5) is 0 Å². The van der Waals surface area contributed by atoms with Crippen LogP contribution in [0.3, 0.4) is 0 Å². The second-order valence-electron chi connectivity index (χ2n) is 3.99. The van der Waals surface area contributed by atoms with Crippen LogP contribution in [-0.2, 0) is 0 Å². The summed E-state index contributed by atoms with van der Waals surface area (Å²) >= 11 is 7.67. The SMILES string of the molecule is CSc1ccc(Oc2ccc(C#N)c(Cl)c2)c(C)c1. The predicted octanol–water partition coefficient (Wildman–Crippen LogP) is 5.03. The summed E-state index contributed by atoms with van der Waals surface area (Å²) in [4.78, 5) is 1.20. The molecule has 96 valence electrons. The molecule has 0 N–H and O–H groups in total. The van der Waals surface area contributed by atoms with Crippen LogP contribution < -0.4 is 4.74 Å². The van der Waals surface area contributed by atoms with Crippen LogP contribution in [0.2, 0.25) is 5.02 Å². The molecule has 0 aromatic heterocycles. The minimum atomic E-state index is 0.401. The van der Waals surface area contributed by atoms with Crippen molar-refractivity contribution in [3.8, 4) is 17.6 Å². The van der Waals surface area contributed by atoms with E-state index in [1.165, 1.54) is 4.90 Å². The quantitative estimate of drug-likeness (QED) is 0.743. The lowest BCUT2D eigenvalue weighted by atomic mass is 10.2. The molecule has 0 amide bonds. The highest BCUT2D eigenvalue weighted by Gasteiger charge is 2.05. The van der Waals surface area contributed by atoms with Crippen molar-refractivity contribution in [3.05, 3.63) is 52.5 Å². The van der Waals surface area contributed by atoms with E-state index < -0.39 is 0 Å². The van der Waals surface area contributed by atoms with Crippen molar-refractivity contribution >= 4 is 23.4 Å². The zero-order valence-electron chi connectivity index (χ0n) is 10.6. The van der Waals surface area contributed by atoms with E-state index >= 15 is 0 Å². The fourth-order valence-electron chi connectivity index (χ4n) is 1.64. The molecule has 0 atom stereocenters. The molecule has 0 aliphatic rings. The molecule has 0 unspecified atom stereocenters. The van der Waals surface area contributed by atoms with E-state index in [4.69, 9.17) is 21.6 Å². The molecule has 2 aromatic carbocycles. The molecule has 2 rings (SSSR count). The van der Waals surface area contributed by atoms with E-state index in [1.807, 2.05) is 31.4 Å². The minimum absolute atomic E-state index is 0.401. The average Bonchev–Trinajstić information content (AvgIpc) is 2.41. The van der Waals surface area contributed by atoms with Gasteiger partial charge in [0, 0.05) is 11.0 Å². The molecule has 4 heteroatoms. The summed E-state index contributed by atoms with van der Waals surface area (Å²) in [5.41, 5.74) is 1.51. The Kier molecular flexibility index (Phi) is 4.36. The highest BCUT2D eigenvalue weighted by Crippen LogP contribution is 2.30. The molecule has 2 aromatic rings. The van der Waals surface area contributed by atoms with Gasteiger partial charge in [0.15, 0.2) is 0 Å². The molecule has 0 spiro atoms. The number of benzene rings is 2. The van der Waals surface area contributed by atoms with Crippen molar-refractivity contribution < 1.29 is 4.74 Å². The Bertz CT molecular complexity index is 649. The number of halogens is 1. The number of nitriles is 1. The van der Waals surface area contributed by atoms with Gasteiger partial charge in [-0.2, -0.15) is 5.26 Å². The number of aryl methyl sites for hydroxylation is 1. The molecular formula is C15H12ClNOS. The second-order valence-corrected chi connectivity index (χ2v) is 5.27. The fraction of sp³-hybridized carbons (Fsp3) is 0.133. The highest BCUT2D eigenvalue weighted by molar-refractivity contribution is 7.98. The molecule has 0 saturated heterocycles. The topological polar surface area (TPSA) is 33.0 Å². The minimum Gasteiger partial charge on any atom is -0.457 e. The third kappa shape index (κ3) is 3.23. The third-order valence-electron chi connectivity index (χ3n) is 2.67. The molecule has 19 heavy (non-hydrogen) atoms. The van der Waals surface area contributed by atoms with E-state index in [1.54, 1.807) is 30.0 Å². The zero-order valence-corrected chi connectivity index (χ0v) is 12.2. The molecule has 0 aliphatic carbocycles. The lowest BCUT2D eigenvalue weighted by Gasteiger charge is -2.10. The molecule has 0 radical (unpaired) electrons. The van der Waals surface area contributed by atoms with Gasteiger partial charge < -0.3 is 4.74 Å². The Labute approximate surface area is 122 Å². The van der Waals surface area contributed by atoms with Gasteiger partial charge in [-0.05, 0) is 49.1 Å². The van der Waals surface area contributed by atoms with Gasteiger partial charge in [-0.15, -0.1) is 11.8 Å². The van der Waals surface area contributed by atoms with Gasteiger partial charge in [0.1, 0.15) is 17.6 Å². The van der Waals surface area contributed by atoms with Crippen LogP contribution in [-0.4, -0.2) is 6.26 Å². The Morgan fingerprint density at radius 1 is 1.21 bits per heavy atom. The maximum absolute atomic E-state index is 8.82. The van der Waals surface area contributed by atoms with E-state index in [2.05, 4.69) is 6.07 Å². The number of nitrogens with zero attached hydrogens (tertiary/aromatic N) is 1. The highest BCUT2D eigenvalue weighted by atomic mass is 35.5. The summed E-state index contributed by atoms with van der Waals surface area (Å²) in [6, 6.07) is 13.1. The smallest absolute Gasteiger partial charge is 0.130 e. The van der Waals surface area contributed by atoms with E-state index in [-0.39, 0.29) is 0 Å². The largest absolute Gasteiger partial charge is 0.457 e. The number of hydrogen-bond donors (Lipinski definition) is 0. The Morgan fingerprint density at radius 3 is 2.58 bits per heavy atom. The normalized spacial score (nSPS) is 10.0. The van der Waals surface area contributed by atoms with Gasteiger partial charge >= 0.3 is 0 Å². The molecule has 0 heterocycles. The van der Waals surface area contributed by atoms with Crippen molar-refractivity contribution in [2.75, 3.05) is 6.26 Å². The first kappa shape index (κ1) is 13.8. The van der Waals surface area contributed by atoms with Gasteiger partial charge in [-0.25, -0.2) is 0 Å². The Balaban J connectivity index is 2.26. The van der Waals surface area contributed by atoms with Crippen LogP contribution >= 0.6 is 23.4 Å². The number of rotatable bonds is 3. The molecule has 0 saturated carbocycles. The first-order chi connectivity index (χ1) is 9.13. The van der Waals surface area contributed by atoms with E-state index in [0.29, 0.717) is 16.3 Å². The lowest BCUT2D eigenvalue weighted by Crippen LogP contribution is -1.89. The van der Waals surface area contributed by atoms with E-state index in [9.17, 15) is 0 Å². The van der Waals surface area contributed by atoms with Gasteiger partial charge in [0.25, 0.3) is 0 Å². The van der Waals surface area contributed by atoms with E-state index in [0.717, 1.165) is 11.3 Å². The van der Waals surface area contributed by atoms with Crippen molar-refractivity contribution in [1.82, 2.24) is 0 Å². The first-order valence-electron chi connectivity index (χ1n) is 5.66. The van der Waals surface area contributed by atoms with Crippen LogP contribution in [0, 0.1) is 18.3 Å². The zero-order chi connectivity index (χ0) is 13.8. The summed E-state index contributed by atoms with van der Waals surface area (Å²) in [5.74, 6) is 1.42. The monoisotopic (exact) mass is 289 g/mol. The molecule has 0 aliphatic heterocycles. The second kappa shape index (κ2) is 6.01. The Hall–Kier alpha value is -1.63. The van der Waals surface area contributed by atoms with Crippen molar-refractivity contribution in [2.24, 2.45) is 0 Å². The molecular weight excluding hydrogens is 278 g/mol. The Morgan fingerprint density at radius 2 is 2.00 bits per heavy atom. The summed E-state index contributed by atoms with van der Waals surface area (Å²) in [7, 11) is 0. The first-order valence-corrected chi connectivity index (χ1v) is 7.26. The van der Waals surface area contributed by atoms with Gasteiger partial charge in [-0.1, -0.05) is 11.6 Å². The lowest BCUT2D eigenvalue weighted by molar-refractivity contribution is 0.478.